The van der Waals surface area contributed by atoms with Crippen molar-refractivity contribution in [3.63, 3.8) is 0 Å². The average Bonchev–Trinajstić information content (AvgIpc) is 2.03. The summed E-state index contributed by atoms with van der Waals surface area (Å²) < 4.78 is 29.1. The van der Waals surface area contributed by atoms with Crippen molar-refractivity contribution in [2.45, 2.75) is 19.4 Å². The highest BCUT2D eigenvalue weighted by Gasteiger charge is 2.18. The summed E-state index contributed by atoms with van der Waals surface area (Å²) in [6.07, 6.45) is 0.345. The molecular formula is C7H15NO5S. The molecule has 0 aromatic carbocycles. The number of carbonyl (C=O) groups is 1. The zero-order valence-corrected chi connectivity index (χ0v) is 9.00. The molecule has 0 unspecified atom stereocenters. The summed E-state index contributed by atoms with van der Waals surface area (Å²) in [4.78, 5) is 10.4. The molecule has 0 amide bonds. The standard InChI is InChI=1S/C7H15NO5S/c1-6(7(9)10)8-14(11,12)5-3-4-13-2/h6,8H,3-5H2,1-2H3,(H,9,10)/t6-/m0/s1. The summed E-state index contributed by atoms with van der Waals surface area (Å²) in [6, 6.07) is -1.09. The molecule has 14 heavy (non-hydrogen) atoms. The first kappa shape index (κ1) is 13.3. The third-order valence-corrected chi connectivity index (χ3v) is 3.03. The van der Waals surface area contributed by atoms with E-state index in [9.17, 15) is 13.2 Å². The molecule has 84 valence electrons. The fourth-order valence-electron chi connectivity index (χ4n) is 0.772. The van der Waals surface area contributed by atoms with Gasteiger partial charge < -0.3 is 9.84 Å². The van der Waals surface area contributed by atoms with Crippen LogP contribution in [0.3, 0.4) is 0 Å². The molecule has 6 nitrogen and oxygen atoms in total. The fourth-order valence-corrected chi connectivity index (χ4v) is 2.03. The van der Waals surface area contributed by atoms with E-state index in [-0.39, 0.29) is 5.75 Å². The first-order valence-electron chi connectivity index (χ1n) is 4.11. The molecule has 0 aliphatic heterocycles. The molecular weight excluding hydrogens is 210 g/mol. The van der Waals surface area contributed by atoms with Gasteiger partial charge in [-0.1, -0.05) is 0 Å². The van der Waals surface area contributed by atoms with Crippen LogP contribution in [0.2, 0.25) is 0 Å². The average molecular weight is 225 g/mol. The molecule has 0 radical (unpaired) electrons. The lowest BCUT2D eigenvalue weighted by Gasteiger charge is -2.09. The zero-order valence-electron chi connectivity index (χ0n) is 8.19. The molecule has 0 aliphatic carbocycles. The second kappa shape index (κ2) is 5.94. The Balaban J connectivity index is 4.01. The molecule has 0 fully saturated rings. The number of methoxy groups -OCH3 is 1. The third kappa shape index (κ3) is 5.90. The van der Waals surface area contributed by atoms with Gasteiger partial charge in [-0.05, 0) is 13.3 Å². The minimum Gasteiger partial charge on any atom is -0.480 e. The summed E-state index contributed by atoms with van der Waals surface area (Å²) >= 11 is 0. The maximum atomic E-state index is 11.2. The number of carboxylic acid groups (broad SMARTS) is 1. The van der Waals surface area contributed by atoms with Crippen molar-refractivity contribution in [1.82, 2.24) is 4.72 Å². The summed E-state index contributed by atoms with van der Waals surface area (Å²) in [5.74, 6) is -1.32. The topological polar surface area (TPSA) is 92.7 Å². The predicted octanol–water partition coefficient (Wildman–Crippen LogP) is -0.585. The predicted molar refractivity (Wildman–Crippen MR) is 50.5 cm³/mol. The second-order valence-corrected chi connectivity index (χ2v) is 4.72. The number of hydrogen-bond donors (Lipinski definition) is 2. The van der Waals surface area contributed by atoms with Crippen LogP contribution >= 0.6 is 0 Å². The van der Waals surface area contributed by atoms with E-state index in [1.165, 1.54) is 14.0 Å². The molecule has 2 N–H and O–H groups in total. The zero-order chi connectivity index (χ0) is 11.2. The minimum absolute atomic E-state index is 0.127. The molecule has 0 aliphatic rings. The Morgan fingerprint density at radius 3 is 2.57 bits per heavy atom. The largest absolute Gasteiger partial charge is 0.480 e. The SMILES string of the molecule is COCCCS(=O)(=O)N[C@@H](C)C(=O)O. The van der Waals surface area contributed by atoms with Crippen LogP contribution in [0.15, 0.2) is 0 Å². The monoisotopic (exact) mass is 225 g/mol. The van der Waals surface area contributed by atoms with Gasteiger partial charge in [-0.3, -0.25) is 4.79 Å². The smallest absolute Gasteiger partial charge is 0.321 e. The van der Waals surface area contributed by atoms with Crippen LogP contribution < -0.4 is 4.72 Å². The van der Waals surface area contributed by atoms with Crippen LogP contribution in [0.25, 0.3) is 0 Å². The van der Waals surface area contributed by atoms with E-state index in [1.54, 1.807) is 0 Å². The van der Waals surface area contributed by atoms with Gasteiger partial charge in [0.15, 0.2) is 0 Å². The van der Waals surface area contributed by atoms with E-state index < -0.39 is 22.0 Å². The molecule has 0 spiro atoms. The van der Waals surface area contributed by atoms with Crippen molar-refractivity contribution >= 4 is 16.0 Å². The Bertz CT molecular complexity index is 274. The second-order valence-electron chi connectivity index (χ2n) is 2.84. The summed E-state index contributed by atoms with van der Waals surface area (Å²) in [6.45, 7) is 1.61. The molecule has 0 aromatic rings. The maximum absolute atomic E-state index is 11.2. The third-order valence-electron chi connectivity index (χ3n) is 1.49. The van der Waals surface area contributed by atoms with Crippen molar-refractivity contribution in [2.75, 3.05) is 19.5 Å². The van der Waals surface area contributed by atoms with E-state index >= 15 is 0 Å². The molecule has 0 heterocycles. The summed E-state index contributed by atoms with van der Waals surface area (Å²) in [5.41, 5.74) is 0. The van der Waals surface area contributed by atoms with Gasteiger partial charge in [0.1, 0.15) is 6.04 Å². The van der Waals surface area contributed by atoms with Crippen molar-refractivity contribution in [2.24, 2.45) is 0 Å². The van der Waals surface area contributed by atoms with Crippen molar-refractivity contribution in [3.8, 4) is 0 Å². The van der Waals surface area contributed by atoms with E-state index in [0.29, 0.717) is 13.0 Å². The maximum Gasteiger partial charge on any atom is 0.321 e. The lowest BCUT2D eigenvalue weighted by Crippen LogP contribution is -2.39. The van der Waals surface area contributed by atoms with Gasteiger partial charge in [0.2, 0.25) is 10.0 Å². The number of carboxylic acids is 1. The van der Waals surface area contributed by atoms with Gasteiger partial charge in [0.25, 0.3) is 0 Å². The fraction of sp³-hybridized carbons (Fsp3) is 0.857. The highest BCUT2D eigenvalue weighted by molar-refractivity contribution is 7.89. The van der Waals surface area contributed by atoms with E-state index in [0.717, 1.165) is 0 Å². The molecule has 0 saturated heterocycles. The number of aliphatic carboxylic acids is 1. The first-order chi connectivity index (χ1) is 6.39. The van der Waals surface area contributed by atoms with Crippen LogP contribution in [-0.4, -0.2) is 45.0 Å². The van der Waals surface area contributed by atoms with Crippen molar-refractivity contribution in [1.29, 1.82) is 0 Å². The number of ether oxygens (including phenoxy) is 1. The van der Waals surface area contributed by atoms with Crippen LogP contribution in [0.4, 0.5) is 0 Å². The lowest BCUT2D eigenvalue weighted by molar-refractivity contribution is -0.138. The number of hydrogen-bond acceptors (Lipinski definition) is 4. The highest BCUT2D eigenvalue weighted by atomic mass is 32.2. The lowest BCUT2D eigenvalue weighted by atomic mass is 10.4. The minimum atomic E-state index is -3.51. The Morgan fingerprint density at radius 2 is 2.14 bits per heavy atom. The number of sulfonamides is 1. The Kier molecular flexibility index (Phi) is 5.66. The Morgan fingerprint density at radius 1 is 1.57 bits per heavy atom. The van der Waals surface area contributed by atoms with Gasteiger partial charge in [-0.2, -0.15) is 0 Å². The molecule has 0 bridgehead atoms. The van der Waals surface area contributed by atoms with Crippen LogP contribution in [-0.2, 0) is 19.6 Å². The summed E-state index contributed by atoms with van der Waals surface area (Å²) in [7, 11) is -2.04. The van der Waals surface area contributed by atoms with Crippen molar-refractivity contribution in [3.05, 3.63) is 0 Å². The molecule has 0 saturated carbocycles. The van der Waals surface area contributed by atoms with E-state index in [1.807, 2.05) is 4.72 Å². The Labute approximate surface area is 83.3 Å². The van der Waals surface area contributed by atoms with E-state index in [2.05, 4.69) is 4.74 Å². The van der Waals surface area contributed by atoms with Crippen LogP contribution in [0.5, 0.6) is 0 Å². The molecule has 1 atom stereocenters. The van der Waals surface area contributed by atoms with E-state index in [4.69, 9.17) is 5.11 Å². The Hall–Kier alpha value is -0.660. The van der Waals surface area contributed by atoms with Gasteiger partial charge in [0.05, 0.1) is 5.75 Å². The highest BCUT2D eigenvalue weighted by Crippen LogP contribution is 1.93. The van der Waals surface area contributed by atoms with Gasteiger partial charge in [0, 0.05) is 13.7 Å². The first-order valence-corrected chi connectivity index (χ1v) is 5.76. The van der Waals surface area contributed by atoms with Crippen molar-refractivity contribution < 1.29 is 23.1 Å². The van der Waals surface area contributed by atoms with Crippen LogP contribution in [0, 0.1) is 0 Å². The normalized spacial score (nSPS) is 13.9. The number of nitrogens with one attached hydrogen (secondary N) is 1. The summed E-state index contributed by atoms with van der Waals surface area (Å²) in [5, 5.41) is 8.47. The quantitative estimate of drug-likeness (QED) is 0.565. The molecule has 0 rings (SSSR count). The van der Waals surface area contributed by atoms with Gasteiger partial charge in [-0.15, -0.1) is 0 Å². The number of rotatable bonds is 7. The molecule has 0 aromatic heterocycles. The van der Waals surface area contributed by atoms with Crippen LogP contribution in [0.1, 0.15) is 13.3 Å². The van der Waals surface area contributed by atoms with Gasteiger partial charge >= 0.3 is 5.97 Å². The van der Waals surface area contributed by atoms with Gasteiger partial charge in [-0.25, -0.2) is 13.1 Å². The molecule has 7 heteroatoms.